The van der Waals surface area contributed by atoms with E-state index < -0.39 is 0 Å². The minimum Gasteiger partial charge on any atom is -0.461 e. The van der Waals surface area contributed by atoms with E-state index in [0.29, 0.717) is 11.1 Å². The van der Waals surface area contributed by atoms with E-state index in [1.807, 2.05) is 0 Å². The first kappa shape index (κ1) is 9.71. The molecule has 1 aromatic rings. The number of aryl methyl sites for hydroxylation is 1. The second-order valence-electron chi connectivity index (χ2n) is 2.86. The van der Waals surface area contributed by atoms with Crippen molar-refractivity contribution in [2.45, 2.75) is 20.5 Å². The number of rotatable bonds is 2. The molecule has 0 aromatic heterocycles. The van der Waals surface area contributed by atoms with Gasteiger partial charge in [-0.3, -0.25) is 4.79 Å². The van der Waals surface area contributed by atoms with Crippen LogP contribution in [-0.4, -0.2) is 5.97 Å². The second-order valence-corrected chi connectivity index (χ2v) is 2.86. The molecule has 3 heteroatoms. The van der Waals surface area contributed by atoms with Crippen molar-refractivity contribution in [2.75, 3.05) is 0 Å². The molecule has 0 amide bonds. The molecule has 0 spiro atoms. The lowest BCUT2D eigenvalue weighted by atomic mass is 10.1. The Hall–Kier alpha value is -1.38. The van der Waals surface area contributed by atoms with Gasteiger partial charge in [-0.15, -0.1) is 0 Å². The highest BCUT2D eigenvalue weighted by atomic mass is 19.1. The molecule has 0 unspecified atom stereocenters. The molecule has 13 heavy (non-hydrogen) atoms. The zero-order valence-corrected chi connectivity index (χ0v) is 7.63. The lowest BCUT2D eigenvalue weighted by Crippen LogP contribution is -1.99. The van der Waals surface area contributed by atoms with E-state index in [2.05, 4.69) is 0 Å². The van der Waals surface area contributed by atoms with Gasteiger partial charge in [-0.1, -0.05) is 12.1 Å². The van der Waals surface area contributed by atoms with Crippen LogP contribution in [0.5, 0.6) is 0 Å². The quantitative estimate of drug-likeness (QED) is 0.655. The predicted octanol–water partition coefficient (Wildman–Crippen LogP) is 2.20. The number of ether oxygens (including phenoxy) is 1. The molecule has 1 aromatic carbocycles. The van der Waals surface area contributed by atoms with Gasteiger partial charge in [0.05, 0.1) is 0 Å². The normalized spacial score (nSPS) is 9.77. The third kappa shape index (κ3) is 2.86. The van der Waals surface area contributed by atoms with Crippen LogP contribution in [0.25, 0.3) is 0 Å². The van der Waals surface area contributed by atoms with Gasteiger partial charge in [0.25, 0.3) is 0 Å². The summed E-state index contributed by atoms with van der Waals surface area (Å²) in [6, 6.07) is 4.77. The van der Waals surface area contributed by atoms with Gasteiger partial charge in [0, 0.05) is 6.92 Å². The summed E-state index contributed by atoms with van der Waals surface area (Å²) in [6.07, 6.45) is 0. The highest BCUT2D eigenvalue weighted by molar-refractivity contribution is 5.65. The molecule has 70 valence electrons. The molecule has 0 radical (unpaired) electrons. The van der Waals surface area contributed by atoms with Gasteiger partial charge in [-0.05, 0) is 24.1 Å². The highest BCUT2D eigenvalue weighted by Gasteiger charge is 2.00. The Bertz CT molecular complexity index is 321. The molecule has 0 aliphatic heterocycles. The van der Waals surface area contributed by atoms with Gasteiger partial charge in [0.1, 0.15) is 12.4 Å². The summed E-state index contributed by atoms with van der Waals surface area (Å²) in [7, 11) is 0. The molecule has 0 bridgehead atoms. The fourth-order valence-corrected chi connectivity index (χ4v) is 0.911. The number of esters is 1. The van der Waals surface area contributed by atoms with Gasteiger partial charge < -0.3 is 4.74 Å². The average molecular weight is 182 g/mol. The Morgan fingerprint density at radius 2 is 2.23 bits per heavy atom. The van der Waals surface area contributed by atoms with Crippen molar-refractivity contribution >= 4 is 5.97 Å². The highest BCUT2D eigenvalue weighted by Crippen LogP contribution is 2.09. The molecule has 0 N–H and O–H groups in total. The van der Waals surface area contributed by atoms with Crippen molar-refractivity contribution in [3.63, 3.8) is 0 Å². The SMILES string of the molecule is CC(=O)OCc1ccc(C)c(F)c1. The molecular weight excluding hydrogens is 171 g/mol. The maximum atomic E-state index is 13.0. The van der Waals surface area contributed by atoms with Gasteiger partial charge in [0.15, 0.2) is 0 Å². The van der Waals surface area contributed by atoms with Crippen LogP contribution in [0.15, 0.2) is 18.2 Å². The van der Waals surface area contributed by atoms with Crippen LogP contribution >= 0.6 is 0 Å². The third-order valence-electron chi connectivity index (χ3n) is 1.68. The van der Waals surface area contributed by atoms with Gasteiger partial charge >= 0.3 is 5.97 Å². The van der Waals surface area contributed by atoms with Crippen LogP contribution in [-0.2, 0) is 16.1 Å². The number of benzene rings is 1. The summed E-state index contributed by atoms with van der Waals surface area (Å²) in [6.45, 7) is 3.14. The lowest BCUT2D eigenvalue weighted by molar-refractivity contribution is -0.142. The minimum atomic E-state index is -0.360. The molecule has 0 aliphatic rings. The summed E-state index contributed by atoms with van der Waals surface area (Å²) in [4.78, 5) is 10.5. The van der Waals surface area contributed by atoms with E-state index in [4.69, 9.17) is 4.74 Å². The molecule has 0 heterocycles. The standard InChI is InChI=1S/C10H11FO2/c1-7-3-4-9(5-10(7)11)6-13-8(2)12/h3-5H,6H2,1-2H3. The first-order chi connectivity index (χ1) is 6.09. The molecule has 0 saturated carbocycles. The van der Waals surface area contributed by atoms with Crippen molar-refractivity contribution in [1.82, 2.24) is 0 Å². The van der Waals surface area contributed by atoms with E-state index in [1.165, 1.54) is 13.0 Å². The summed E-state index contributed by atoms with van der Waals surface area (Å²) in [5, 5.41) is 0. The zero-order chi connectivity index (χ0) is 9.84. The maximum absolute atomic E-state index is 13.0. The minimum absolute atomic E-state index is 0.131. The second kappa shape index (κ2) is 4.03. The van der Waals surface area contributed by atoms with Crippen LogP contribution in [0.2, 0.25) is 0 Å². The fraction of sp³-hybridized carbons (Fsp3) is 0.300. The van der Waals surface area contributed by atoms with Crippen LogP contribution in [0, 0.1) is 12.7 Å². The van der Waals surface area contributed by atoms with Gasteiger partial charge in [-0.2, -0.15) is 0 Å². The Balaban J connectivity index is 2.68. The number of hydrogen-bond acceptors (Lipinski definition) is 2. The topological polar surface area (TPSA) is 26.3 Å². The molecular formula is C10H11FO2. The van der Waals surface area contributed by atoms with Crippen LogP contribution in [0.4, 0.5) is 4.39 Å². The monoisotopic (exact) mass is 182 g/mol. The summed E-state index contributed by atoms with van der Waals surface area (Å²) in [5.41, 5.74) is 1.25. The number of halogens is 1. The van der Waals surface area contributed by atoms with Crippen molar-refractivity contribution in [3.05, 3.63) is 35.1 Å². The molecule has 2 nitrogen and oxygen atoms in total. The molecule has 0 atom stereocenters. The predicted molar refractivity (Wildman–Crippen MR) is 46.6 cm³/mol. The van der Waals surface area contributed by atoms with E-state index in [1.54, 1.807) is 19.1 Å². The third-order valence-corrected chi connectivity index (χ3v) is 1.68. The Morgan fingerprint density at radius 1 is 1.54 bits per heavy atom. The maximum Gasteiger partial charge on any atom is 0.302 e. The number of hydrogen-bond donors (Lipinski definition) is 0. The van der Waals surface area contributed by atoms with E-state index in [9.17, 15) is 9.18 Å². The first-order valence-corrected chi connectivity index (χ1v) is 3.98. The molecule has 0 fully saturated rings. The lowest BCUT2D eigenvalue weighted by Gasteiger charge is -2.03. The van der Waals surface area contributed by atoms with Crippen molar-refractivity contribution in [3.8, 4) is 0 Å². The molecule has 0 saturated heterocycles. The van der Waals surface area contributed by atoms with E-state index in [-0.39, 0.29) is 18.4 Å². The van der Waals surface area contributed by atoms with Crippen LogP contribution < -0.4 is 0 Å². The number of carbonyl (C=O) groups is 1. The van der Waals surface area contributed by atoms with E-state index >= 15 is 0 Å². The zero-order valence-electron chi connectivity index (χ0n) is 7.63. The van der Waals surface area contributed by atoms with Gasteiger partial charge in [0.2, 0.25) is 0 Å². The van der Waals surface area contributed by atoms with Crippen molar-refractivity contribution in [1.29, 1.82) is 0 Å². The van der Waals surface area contributed by atoms with Crippen LogP contribution in [0.1, 0.15) is 18.1 Å². The van der Waals surface area contributed by atoms with Gasteiger partial charge in [-0.25, -0.2) is 4.39 Å². The number of carbonyl (C=O) groups excluding carboxylic acids is 1. The average Bonchev–Trinajstić information content (AvgIpc) is 2.07. The largest absolute Gasteiger partial charge is 0.461 e. The van der Waals surface area contributed by atoms with Crippen molar-refractivity contribution < 1.29 is 13.9 Å². The molecule has 0 aliphatic carbocycles. The van der Waals surface area contributed by atoms with Crippen molar-refractivity contribution in [2.24, 2.45) is 0 Å². The van der Waals surface area contributed by atoms with Crippen LogP contribution in [0.3, 0.4) is 0 Å². The Kier molecular flexibility index (Phi) is 3.01. The Morgan fingerprint density at radius 3 is 2.77 bits per heavy atom. The smallest absolute Gasteiger partial charge is 0.302 e. The summed E-state index contributed by atoms with van der Waals surface area (Å²) >= 11 is 0. The first-order valence-electron chi connectivity index (χ1n) is 3.98. The fourth-order valence-electron chi connectivity index (χ4n) is 0.911. The van der Waals surface area contributed by atoms with E-state index in [0.717, 1.165) is 0 Å². The molecule has 1 rings (SSSR count). The summed E-state index contributed by atoms with van der Waals surface area (Å²) < 4.78 is 17.7. The Labute approximate surface area is 76.3 Å². The summed E-state index contributed by atoms with van der Waals surface area (Å²) in [5.74, 6) is -0.634.